The molecule has 0 aliphatic carbocycles. The highest BCUT2D eigenvalue weighted by Gasteiger charge is 2.23. The lowest BCUT2D eigenvalue weighted by Gasteiger charge is -2.14. The number of amides is 2. The number of nitrogens with one attached hydrogen (secondary N) is 1. The fourth-order valence-corrected chi connectivity index (χ4v) is 3.34. The van der Waals surface area contributed by atoms with E-state index in [1.54, 1.807) is 26.0 Å². The standard InChI is InChI=1S/C18H23N5O5/c1-12-17(23(26)27)13(2)22(20-12)11-14-6-7-15(28-14)18(25)19-8-4-10-21-9-3-5-16(21)24/h6-7H,3-5,8-11H2,1-2H3,(H,19,25). The Bertz CT molecular complexity index is 900. The summed E-state index contributed by atoms with van der Waals surface area (Å²) in [5.74, 6) is 0.487. The number of carbonyl (C=O) groups is 2. The molecular weight excluding hydrogens is 366 g/mol. The van der Waals surface area contributed by atoms with Gasteiger partial charge in [-0.2, -0.15) is 5.10 Å². The second-order valence-electron chi connectivity index (χ2n) is 6.79. The number of nitrogens with zero attached hydrogens (tertiary/aromatic N) is 4. The lowest BCUT2D eigenvalue weighted by Crippen LogP contribution is -2.30. The summed E-state index contributed by atoms with van der Waals surface area (Å²) in [6.45, 7) is 5.28. The molecule has 0 spiro atoms. The van der Waals surface area contributed by atoms with Gasteiger partial charge in [0.1, 0.15) is 17.1 Å². The number of carbonyl (C=O) groups excluding carboxylic acids is 2. The Hall–Kier alpha value is -3.17. The largest absolute Gasteiger partial charge is 0.454 e. The van der Waals surface area contributed by atoms with Crippen LogP contribution in [0.5, 0.6) is 0 Å². The van der Waals surface area contributed by atoms with E-state index in [-0.39, 0.29) is 29.8 Å². The number of rotatable bonds is 8. The minimum atomic E-state index is -0.453. The van der Waals surface area contributed by atoms with Gasteiger partial charge in [0.2, 0.25) is 5.91 Å². The SMILES string of the molecule is Cc1nn(Cc2ccc(C(=O)NCCCN3CCCC3=O)o2)c(C)c1[N+](=O)[O-]. The van der Waals surface area contributed by atoms with Crippen molar-refractivity contribution in [3.63, 3.8) is 0 Å². The van der Waals surface area contributed by atoms with E-state index in [0.29, 0.717) is 43.1 Å². The Labute approximate surface area is 161 Å². The Morgan fingerprint density at radius 1 is 1.39 bits per heavy atom. The van der Waals surface area contributed by atoms with Gasteiger partial charge in [-0.1, -0.05) is 0 Å². The zero-order chi connectivity index (χ0) is 20.3. The van der Waals surface area contributed by atoms with Crippen LogP contribution in [0.25, 0.3) is 0 Å². The van der Waals surface area contributed by atoms with E-state index in [4.69, 9.17) is 4.42 Å². The van der Waals surface area contributed by atoms with Crippen LogP contribution in [0.1, 0.15) is 47.0 Å². The summed E-state index contributed by atoms with van der Waals surface area (Å²) in [6, 6.07) is 3.22. The zero-order valence-corrected chi connectivity index (χ0v) is 15.9. The van der Waals surface area contributed by atoms with Crippen molar-refractivity contribution in [2.24, 2.45) is 0 Å². The number of aryl methyl sites for hydroxylation is 1. The summed E-state index contributed by atoms with van der Waals surface area (Å²) in [5, 5.41) is 18.0. The summed E-state index contributed by atoms with van der Waals surface area (Å²) in [6.07, 6.45) is 2.19. The van der Waals surface area contributed by atoms with Crippen LogP contribution in [0.4, 0.5) is 5.69 Å². The first kappa shape index (κ1) is 19.6. The number of likely N-dealkylation sites (tertiary alicyclic amines) is 1. The van der Waals surface area contributed by atoms with E-state index in [2.05, 4.69) is 10.4 Å². The molecule has 10 nitrogen and oxygen atoms in total. The molecule has 1 aliphatic heterocycles. The van der Waals surface area contributed by atoms with E-state index in [1.165, 1.54) is 4.68 Å². The third-order valence-electron chi connectivity index (χ3n) is 4.78. The highest BCUT2D eigenvalue weighted by Crippen LogP contribution is 2.23. The lowest BCUT2D eigenvalue weighted by molar-refractivity contribution is -0.386. The predicted molar refractivity (Wildman–Crippen MR) is 98.9 cm³/mol. The maximum absolute atomic E-state index is 12.2. The molecule has 0 bridgehead atoms. The Morgan fingerprint density at radius 3 is 2.82 bits per heavy atom. The summed E-state index contributed by atoms with van der Waals surface area (Å²) in [5.41, 5.74) is 0.755. The van der Waals surface area contributed by atoms with Gasteiger partial charge < -0.3 is 14.6 Å². The van der Waals surface area contributed by atoms with Gasteiger partial charge in [-0.05, 0) is 38.8 Å². The van der Waals surface area contributed by atoms with Gasteiger partial charge in [0, 0.05) is 26.1 Å². The number of hydrogen-bond acceptors (Lipinski definition) is 6. The maximum atomic E-state index is 12.2. The number of aromatic nitrogens is 2. The fourth-order valence-electron chi connectivity index (χ4n) is 3.34. The molecule has 3 heterocycles. The van der Waals surface area contributed by atoms with Crippen molar-refractivity contribution in [1.82, 2.24) is 20.0 Å². The molecule has 2 aromatic rings. The van der Waals surface area contributed by atoms with Crippen LogP contribution in [0.2, 0.25) is 0 Å². The minimum Gasteiger partial charge on any atom is -0.454 e. The first-order valence-electron chi connectivity index (χ1n) is 9.20. The van der Waals surface area contributed by atoms with Gasteiger partial charge in [-0.15, -0.1) is 0 Å². The zero-order valence-electron chi connectivity index (χ0n) is 15.9. The molecular formula is C18H23N5O5. The molecule has 2 aromatic heterocycles. The van der Waals surface area contributed by atoms with Crippen LogP contribution in [-0.4, -0.2) is 51.1 Å². The van der Waals surface area contributed by atoms with Crippen molar-refractivity contribution < 1.29 is 18.9 Å². The first-order chi connectivity index (χ1) is 13.4. The smallest absolute Gasteiger partial charge is 0.312 e. The topological polar surface area (TPSA) is 124 Å². The monoisotopic (exact) mass is 389 g/mol. The van der Waals surface area contributed by atoms with E-state index >= 15 is 0 Å². The minimum absolute atomic E-state index is 0.0130. The molecule has 10 heteroatoms. The van der Waals surface area contributed by atoms with Gasteiger partial charge in [0.25, 0.3) is 5.91 Å². The summed E-state index contributed by atoms with van der Waals surface area (Å²) < 4.78 is 7.04. The van der Waals surface area contributed by atoms with E-state index in [9.17, 15) is 19.7 Å². The van der Waals surface area contributed by atoms with Crippen molar-refractivity contribution in [3.05, 3.63) is 45.2 Å². The van der Waals surface area contributed by atoms with Gasteiger partial charge >= 0.3 is 5.69 Å². The molecule has 0 atom stereocenters. The van der Waals surface area contributed by atoms with Crippen LogP contribution in [0.3, 0.4) is 0 Å². The molecule has 2 amide bonds. The molecule has 1 saturated heterocycles. The number of nitro groups is 1. The average Bonchev–Trinajstić information content (AvgIpc) is 3.33. The van der Waals surface area contributed by atoms with Crippen LogP contribution in [0.15, 0.2) is 16.5 Å². The molecule has 28 heavy (non-hydrogen) atoms. The van der Waals surface area contributed by atoms with Crippen molar-refractivity contribution >= 4 is 17.5 Å². The average molecular weight is 389 g/mol. The van der Waals surface area contributed by atoms with Crippen LogP contribution in [0, 0.1) is 24.0 Å². The fraction of sp³-hybridized carbons (Fsp3) is 0.500. The van der Waals surface area contributed by atoms with Crippen molar-refractivity contribution in [2.75, 3.05) is 19.6 Å². The highest BCUT2D eigenvalue weighted by atomic mass is 16.6. The third-order valence-corrected chi connectivity index (χ3v) is 4.78. The van der Waals surface area contributed by atoms with Gasteiger partial charge in [-0.25, -0.2) is 0 Å². The van der Waals surface area contributed by atoms with Crippen molar-refractivity contribution in [2.45, 2.75) is 39.7 Å². The molecule has 1 aliphatic rings. The second-order valence-corrected chi connectivity index (χ2v) is 6.79. The summed E-state index contributed by atoms with van der Waals surface area (Å²) in [7, 11) is 0. The molecule has 0 unspecified atom stereocenters. The molecule has 0 radical (unpaired) electrons. The second kappa shape index (κ2) is 8.24. The van der Waals surface area contributed by atoms with Crippen LogP contribution in [-0.2, 0) is 11.3 Å². The summed E-state index contributed by atoms with van der Waals surface area (Å²) >= 11 is 0. The summed E-state index contributed by atoms with van der Waals surface area (Å²) in [4.78, 5) is 36.2. The van der Waals surface area contributed by atoms with Crippen molar-refractivity contribution in [3.8, 4) is 0 Å². The van der Waals surface area contributed by atoms with Crippen LogP contribution >= 0.6 is 0 Å². The Kier molecular flexibility index (Phi) is 5.76. The molecule has 0 saturated carbocycles. The van der Waals surface area contributed by atoms with Gasteiger partial charge in [0.15, 0.2) is 5.76 Å². The van der Waals surface area contributed by atoms with E-state index in [1.807, 2.05) is 4.90 Å². The van der Waals surface area contributed by atoms with Gasteiger partial charge in [-0.3, -0.25) is 24.4 Å². The highest BCUT2D eigenvalue weighted by molar-refractivity contribution is 5.91. The third kappa shape index (κ3) is 4.21. The van der Waals surface area contributed by atoms with Crippen LogP contribution < -0.4 is 5.32 Å². The number of furan rings is 1. The molecule has 1 N–H and O–H groups in total. The van der Waals surface area contributed by atoms with Gasteiger partial charge in [0.05, 0.1) is 11.5 Å². The lowest BCUT2D eigenvalue weighted by atomic mass is 10.3. The maximum Gasteiger partial charge on any atom is 0.312 e. The van der Waals surface area contributed by atoms with E-state index < -0.39 is 4.92 Å². The molecule has 3 rings (SSSR count). The Balaban J connectivity index is 1.52. The first-order valence-corrected chi connectivity index (χ1v) is 9.20. The Morgan fingerprint density at radius 2 is 2.18 bits per heavy atom. The normalized spacial score (nSPS) is 13.9. The van der Waals surface area contributed by atoms with Crippen molar-refractivity contribution in [1.29, 1.82) is 0 Å². The number of hydrogen-bond donors (Lipinski definition) is 1. The quantitative estimate of drug-likeness (QED) is 0.417. The predicted octanol–water partition coefficient (Wildman–Crippen LogP) is 1.79. The molecule has 1 fully saturated rings. The molecule has 150 valence electrons. The van der Waals surface area contributed by atoms with E-state index in [0.717, 1.165) is 13.0 Å². The molecule has 0 aromatic carbocycles.